The van der Waals surface area contributed by atoms with Gasteiger partial charge in [-0.25, -0.2) is 4.90 Å². The fourth-order valence-corrected chi connectivity index (χ4v) is 8.01. The zero-order chi connectivity index (χ0) is 26.4. The average Bonchev–Trinajstić information content (AvgIpc) is 3.42. The predicted octanol–water partition coefficient (Wildman–Crippen LogP) is 3.23. The summed E-state index contributed by atoms with van der Waals surface area (Å²) in [7, 11) is 0. The number of carbonyl (C=O) groups excluding carboxylic acids is 3. The van der Waals surface area contributed by atoms with Crippen molar-refractivity contribution < 1.29 is 23.9 Å². The Bertz CT molecular complexity index is 1470. The summed E-state index contributed by atoms with van der Waals surface area (Å²) in [5, 5.41) is -0.134. The van der Waals surface area contributed by atoms with E-state index in [-0.39, 0.29) is 29.2 Å². The van der Waals surface area contributed by atoms with E-state index in [1.165, 1.54) is 16.7 Å². The van der Waals surface area contributed by atoms with Crippen LogP contribution in [0.3, 0.4) is 0 Å². The number of aromatic nitrogens is 1. The van der Waals surface area contributed by atoms with E-state index in [0.29, 0.717) is 53.2 Å². The number of morpholine rings is 1. The molecule has 0 radical (unpaired) electrons. The summed E-state index contributed by atoms with van der Waals surface area (Å²) >= 11 is 5.77. The van der Waals surface area contributed by atoms with Gasteiger partial charge < -0.3 is 19.4 Å². The van der Waals surface area contributed by atoms with Crippen molar-refractivity contribution in [2.45, 2.75) is 16.2 Å². The van der Waals surface area contributed by atoms with E-state index in [1.807, 2.05) is 12.1 Å². The molecule has 1 N–H and O–H groups in total. The highest BCUT2D eigenvalue weighted by Gasteiger charge is 2.56. The minimum absolute atomic E-state index is 0.159. The third-order valence-corrected chi connectivity index (χ3v) is 9.75. The molecule has 0 saturated carbocycles. The number of rotatable bonds is 5. The van der Waals surface area contributed by atoms with Crippen molar-refractivity contribution >= 4 is 62.4 Å². The fourth-order valence-electron chi connectivity index (χ4n) is 5.12. The van der Waals surface area contributed by atoms with Gasteiger partial charge in [0.05, 0.1) is 29.8 Å². The number of hydrogen-bond acceptors (Lipinski definition) is 8. The first-order valence-corrected chi connectivity index (χ1v) is 14.5. The summed E-state index contributed by atoms with van der Waals surface area (Å²) in [5.74, 6) is -1.75. The summed E-state index contributed by atoms with van der Waals surface area (Å²) in [6.07, 6.45) is 0. The number of thiazole rings is 1. The lowest BCUT2D eigenvalue weighted by Gasteiger charge is -2.31. The number of fused-ring (bicyclic) bond motifs is 2. The monoisotopic (exact) mass is 615 g/mol. The third kappa shape index (κ3) is 4.49. The van der Waals surface area contributed by atoms with Crippen LogP contribution >= 0.6 is 39.0 Å². The number of nitrogens with zero attached hydrogens (tertiary/aromatic N) is 2. The number of amides is 3. The van der Waals surface area contributed by atoms with E-state index in [4.69, 9.17) is 9.47 Å². The molecule has 12 heteroatoms. The van der Waals surface area contributed by atoms with Crippen LogP contribution in [-0.2, 0) is 19.1 Å². The maximum absolute atomic E-state index is 13.9. The molecule has 2 saturated heterocycles. The Balaban J connectivity index is 1.39. The first-order valence-electron chi connectivity index (χ1n) is 12.0. The van der Waals surface area contributed by atoms with Gasteiger partial charge in [-0.1, -0.05) is 57.2 Å². The summed E-state index contributed by atoms with van der Waals surface area (Å²) < 4.78 is 12.1. The number of nitrogens with one attached hydrogen (secondary N) is 1. The molecule has 3 amide bonds. The molecule has 3 aromatic rings. The maximum Gasteiger partial charge on any atom is 0.305 e. The Labute approximate surface area is 234 Å². The van der Waals surface area contributed by atoms with Gasteiger partial charge in [-0.2, -0.15) is 0 Å². The number of imide groups is 1. The molecule has 3 unspecified atom stereocenters. The molecule has 0 aliphatic carbocycles. The Morgan fingerprint density at radius 3 is 2.61 bits per heavy atom. The van der Waals surface area contributed by atoms with Crippen molar-refractivity contribution in [3.8, 4) is 5.75 Å². The number of benzene rings is 2. The quantitative estimate of drug-likeness (QED) is 0.439. The van der Waals surface area contributed by atoms with E-state index in [0.717, 1.165) is 15.8 Å². The minimum Gasteiger partial charge on any atom is -0.483 e. The minimum atomic E-state index is -0.752. The molecule has 9 nitrogen and oxygen atoms in total. The number of H-pyrrole nitrogens is 1. The van der Waals surface area contributed by atoms with E-state index in [2.05, 4.69) is 20.9 Å². The molecule has 6 rings (SSSR count). The number of halogens is 1. The molecule has 0 spiro atoms. The molecule has 2 fully saturated rings. The van der Waals surface area contributed by atoms with Crippen molar-refractivity contribution in [1.82, 2.24) is 9.88 Å². The molecule has 38 heavy (non-hydrogen) atoms. The number of ether oxygens (including phenoxy) is 2. The highest BCUT2D eigenvalue weighted by atomic mass is 79.9. The van der Waals surface area contributed by atoms with E-state index in [9.17, 15) is 19.2 Å². The van der Waals surface area contributed by atoms with E-state index < -0.39 is 17.1 Å². The van der Waals surface area contributed by atoms with Gasteiger partial charge in [0.15, 0.2) is 6.61 Å². The van der Waals surface area contributed by atoms with Crippen molar-refractivity contribution in [3.05, 3.63) is 73.1 Å². The summed E-state index contributed by atoms with van der Waals surface area (Å²) in [6.45, 7) is 1.81. The summed E-state index contributed by atoms with van der Waals surface area (Å²) in [4.78, 5) is 58.9. The molecule has 196 valence electrons. The van der Waals surface area contributed by atoms with Crippen LogP contribution in [0.5, 0.6) is 5.75 Å². The van der Waals surface area contributed by atoms with Crippen LogP contribution in [0.2, 0.25) is 0 Å². The largest absolute Gasteiger partial charge is 0.483 e. The highest BCUT2D eigenvalue weighted by molar-refractivity contribution is 9.10. The number of para-hydroxylation sites is 1. The second kappa shape index (κ2) is 10.3. The van der Waals surface area contributed by atoms with Crippen molar-refractivity contribution in [1.29, 1.82) is 0 Å². The van der Waals surface area contributed by atoms with Crippen LogP contribution in [0, 0.1) is 5.92 Å². The van der Waals surface area contributed by atoms with Crippen LogP contribution in [0.4, 0.5) is 5.69 Å². The first kappa shape index (κ1) is 25.4. The average molecular weight is 617 g/mol. The van der Waals surface area contributed by atoms with E-state index >= 15 is 0 Å². The van der Waals surface area contributed by atoms with Crippen molar-refractivity contribution in [3.63, 3.8) is 0 Å². The second-order valence-corrected chi connectivity index (χ2v) is 12.1. The lowest BCUT2D eigenvalue weighted by atomic mass is 9.82. The van der Waals surface area contributed by atoms with Gasteiger partial charge in [-0.05, 0) is 30.3 Å². The highest BCUT2D eigenvalue weighted by Crippen LogP contribution is 2.54. The number of thioether (sulfide) groups is 1. The standard InChI is InChI=1S/C26H22BrN3O6S2/c27-14-6-7-17(36-13-18(31)29-8-10-35-11-9-29)16(12-14)19-20-22(37-23-21(19)38-26(34)28-23)25(33)30(24(20)32)15-4-2-1-3-5-15/h1-7,12,19-20,22H,8-11,13H2,(H,28,34). The van der Waals surface area contributed by atoms with Gasteiger partial charge in [-0.15, -0.1) is 0 Å². The zero-order valence-electron chi connectivity index (χ0n) is 19.9. The lowest BCUT2D eigenvalue weighted by molar-refractivity contribution is -0.137. The van der Waals surface area contributed by atoms with Crippen molar-refractivity contribution in [2.24, 2.45) is 5.92 Å². The van der Waals surface area contributed by atoms with Crippen LogP contribution in [0.25, 0.3) is 0 Å². The molecule has 3 aliphatic rings. The van der Waals surface area contributed by atoms with Gasteiger partial charge in [-0.3, -0.25) is 19.2 Å². The Kier molecular flexibility index (Phi) is 6.89. The SMILES string of the molecule is O=C(COc1ccc(Br)cc1C1c2sc(=O)[nH]c2SC2C(=O)N(c3ccccc3)C(=O)C21)N1CCOCC1. The topological polar surface area (TPSA) is 109 Å². The Hall–Kier alpha value is -2.93. The molecule has 2 aromatic carbocycles. The normalized spacial score (nSPS) is 22.8. The molecular formula is C26H22BrN3O6S2. The molecule has 4 heterocycles. The van der Waals surface area contributed by atoms with Gasteiger partial charge in [0.1, 0.15) is 11.0 Å². The van der Waals surface area contributed by atoms with Crippen LogP contribution in [0.15, 0.2) is 62.8 Å². The van der Waals surface area contributed by atoms with Gasteiger partial charge in [0, 0.05) is 33.9 Å². The Morgan fingerprint density at radius 1 is 1.08 bits per heavy atom. The number of carbonyl (C=O) groups is 3. The second-order valence-electron chi connectivity index (χ2n) is 9.06. The van der Waals surface area contributed by atoms with Crippen LogP contribution < -0.4 is 14.5 Å². The molecule has 1 aromatic heterocycles. The van der Waals surface area contributed by atoms with Gasteiger partial charge in [0.2, 0.25) is 11.8 Å². The number of anilines is 1. The zero-order valence-corrected chi connectivity index (χ0v) is 23.1. The van der Waals surface area contributed by atoms with E-state index in [1.54, 1.807) is 41.3 Å². The first-order chi connectivity index (χ1) is 18.4. The molecule has 3 atom stereocenters. The smallest absolute Gasteiger partial charge is 0.305 e. The third-order valence-electron chi connectivity index (χ3n) is 6.86. The van der Waals surface area contributed by atoms with Gasteiger partial charge >= 0.3 is 4.87 Å². The molecule has 0 bridgehead atoms. The molecular weight excluding hydrogens is 594 g/mol. The number of aromatic amines is 1. The van der Waals surface area contributed by atoms with Crippen LogP contribution in [0.1, 0.15) is 16.4 Å². The van der Waals surface area contributed by atoms with Gasteiger partial charge in [0.25, 0.3) is 5.91 Å². The lowest BCUT2D eigenvalue weighted by Crippen LogP contribution is -2.43. The summed E-state index contributed by atoms with van der Waals surface area (Å²) in [5.41, 5.74) is 1.15. The Morgan fingerprint density at radius 2 is 1.84 bits per heavy atom. The number of hydrogen-bond donors (Lipinski definition) is 1. The maximum atomic E-state index is 13.9. The van der Waals surface area contributed by atoms with Crippen molar-refractivity contribution in [2.75, 3.05) is 37.8 Å². The predicted molar refractivity (Wildman–Crippen MR) is 146 cm³/mol. The molecule has 3 aliphatic heterocycles. The fraction of sp³-hybridized carbons (Fsp3) is 0.308. The van der Waals surface area contributed by atoms with Crippen LogP contribution in [-0.4, -0.2) is 65.8 Å². The summed E-state index contributed by atoms with van der Waals surface area (Å²) in [6, 6.07) is 14.2.